The molecule has 2 N–H and O–H groups in total. The minimum atomic E-state index is -0.788. The van der Waals surface area contributed by atoms with Crippen molar-refractivity contribution in [2.45, 2.75) is 19.9 Å². The van der Waals surface area contributed by atoms with E-state index in [0.29, 0.717) is 11.4 Å². The van der Waals surface area contributed by atoms with Gasteiger partial charge in [-0.05, 0) is 30.2 Å². The average molecular weight is 373 g/mol. The highest BCUT2D eigenvalue weighted by atomic mass is 19.1. The van der Waals surface area contributed by atoms with Crippen LogP contribution in [-0.4, -0.2) is 21.2 Å². The van der Waals surface area contributed by atoms with Crippen molar-refractivity contribution in [1.82, 2.24) is 20.4 Å². The summed E-state index contributed by atoms with van der Waals surface area (Å²) in [6.07, 6.45) is 3.22. The molecular formula is C18H17F2N5O2. The van der Waals surface area contributed by atoms with Crippen molar-refractivity contribution < 1.29 is 18.1 Å². The molecule has 0 aliphatic heterocycles. The Morgan fingerprint density at radius 1 is 1.19 bits per heavy atom. The first-order valence-corrected chi connectivity index (χ1v) is 8.20. The number of aromatic nitrogens is 3. The average Bonchev–Trinajstić information content (AvgIpc) is 3.09. The molecule has 0 saturated carbocycles. The highest BCUT2D eigenvalue weighted by Crippen LogP contribution is 2.23. The molecule has 0 saturated heterocycles. The number of carbonyl (C=O) groups excluding carboxylic acids is 1. The third-order valence-electron chi connectivity index (χ3n) is 3.70. The lowest BCUT2D eigenvalue weighted by molar-refractivity contribution is 0.236. The van der Waals surface area contributed by atoms with Gasteiger partial charge in [-0.25, -0.2) is 13.6 Å². The molecule has 2 aromatic heterocycles. The van der Waals surface area contributed by atoms with Gasteiger partial charge in [-0.1, -0.05) is 19.0 Å². The van der Waals surface area contributed by atoms with E-state index in [2.05, 4.69) is 25.8 Å². The molecule has 3 rings (SSSR count). The lowest BCUT2D eigenvalue weighted by atomic mass is 10.0. The molecule has 0 spiro atoms. The number of anilines is 1. The Morgan fingerprint density at radius 2 is 1.93 bits per heavy atom. The van der Waals surface area contributed by atoms with Crippen LogP contribution in [0.3, 0.4) is 0 Å². The summed E-state index contributed by atoms with van der Waals surface area (Å²) in [7, 11) is 0. The molecular weight excluding hydrogens is 356 g/mol. The maximum absolute atomic E-state index is 13.2. The lowest BCUT2D eigenvalue weighted by Crippen LogP contribution is -2.35. The monoisotopic (exact) mass is 373 g/mol. The number of amides is 2. The molecule has 3 aromatic rings. The van der Waals surface area contributed by atoms with Crippen LogP contribution in [0, 0.1) is 17.6 Å². The van der Waals surface area contributed by atoms with Gasteiger partial charge in [0.25, 0.3) is 0 Å². The molecule has 0 fully saturated rings. The number of rotatable bonds is 5. The van der Waals surface area contributed by atoms with E-state index in [0.717, 1.165) is 18.2 Å². The van der Waals surface area contributed by atoms with Crippen molar-refractivity contribution in [3.05, 3.63) is 60.3 Å². The van der Waals surface area contributed by atoms with Crippen LogP contribution in [0.2, 0.25) is 0 Å². The maximum Gasteiger partial charge on any atom is 0.319 e. The highest BCUT2D eigenvalue weighted by molar-refractivity contribution is 5.89. The first-order valence-electron chi connectivity index (χ1n) is 8.20. The minimum absolute atomic E-state index is 0.00548. The summed E-state index contributed by atoms with van der Waals surface area (Å²) in [6.45, 7) is 3.72. The second-order valence-electron chi connectivity index (χ2n) is 6.18. The van der Waals surface area contributed by atoms with Gasteiger partial charge >= 0.3 is 6.03 Å². The largest absolute Gasteiger partial charge is 0.337 e. The second-order valence-corrected chi connectivity index (χ2v) is 6.18. The summed E-state index contributed by atoms with van der Waals surface area (Å²) in [5.74, 6) is -1.10. The van der Waals surface area contributed by atoms with Crippen LogP contribution < -0.4 is 10.6 Å². The van der Waals surface area contributed by atoms with Crippen molar-refractivity contribution in [2.24, 2.45) is 5.92 Å². The first-order chi connectivity index (χ1) is 12.9. The molecule has 0 radical (unpaired) electrons. The summed E-state index contributed by atoms with van der Waals surface area (Å²) in [5.41, 5.74) is 0.670. The van der Waals surface area contributed by atoms with Gasteiger partial charge in [0.05, 0.1) is 0 Å². The number of carbonyl (C=O) groups is 1. The lowest BCUT2D eigenvalue weighted by Gasteiger charge is -2.19. The van der Waals surface area contributed by atoms with Crippen molar-refractivity contribution in [3.8, 4) is 11.4 Å². The van der Waals surface area contributed by atoms with Gasteiger partial charge in [0, 0.05) is 29.7 Å². The minimum Gasteiger partial charge on any atom is -0.337 e. The Hall–Kier alpha value is -3.36. The standard InChI is InChI=1S/C18H17F2N5O2/c1-10(2)15(17-24-16(25-27-17)11-4-3-5-21-9-11)23-18(26)22-14-7-12(19)6-13(20)8-14/h3-10,15H,1-2H3,(H2,22,23,26)/t15-/m1/s1. The van der Waals surface area contributed by atoms with E-state index in [9.17, 15) is 13.6 Å². The topological polar surface area (TPSA) is 92.9 Å². The molecule has 1 atom stereocenters. The van der Waals surface area contributed by atoms with E-state index < -0.39 is 23.7 Å². The number of urea groups is 1. The van der Waals surface area contributed by atoms with Crippen LogP contribution in [0.1, 0.15) is 25.8 Å². The SMILES string of the molecule is CC(C)[C@@H](NC(=O)Nc1cc(F)cc(F)c1)c1nc(-c2cccnc2)no1. The molecule has 2 amide bonds. The fraction of sp³-hybridized carbons (Fsp3) is 0.222. The van der Waals surface area contributed by atoms with Crippen molar-refractivity contribution in [1.29, 1.82) is 0 Å². The van der Waals surface area contributed by atoms with E-state index in [-0.39, 0.29) is 17.5 Å². The number of nitrogens with one attached hydrogen (secondary N) is 2. The van der Waals surface area contributed by atoms with Gasteiger partial charge < -0.3 is 15.2 Å². The second kappa shape index (κ2) is 7.90. The Morgan fingerprint density at radius 3 is 2.56 bits per heavy atom. The third-order valence-corrected chi connectivity index (χ3v) is 3.70. The van der Waals surface area contributed by atoms with Crippen molar-refractivity contribution in [2.75, 3.05) is 5.32 Å². The van der Waals surface area contributed by atoms with Crippen LogP contribution in [0.25, 0.3) is 11.4 Å². The maximum atomic E-state index is 13.2. The normalized spacial score (nSPS) is 12.0. The molecule has 9 heteroatoms. The molecule has 7 nitrogen and oxygen atoms in total. The Kier molecular flexibility index (Phi) is 5.39. The summed E-state index contributed by atoms with van der Waals surface area (Å²) in [5, 5.41) is 8.97. The van der Waals surface area contributed by atoms with Crippen LogP contribution in [0.15, 0.2) is 47.2 Å². The van der Waals surface area contributed by atoms with Gasteiger partial charge in [0.15, 0.2) is 0 Å². The van der Waals surface area contributed by atoms with Gasteiger partial charge in [0.2, 0.25) is 11.7 Å². The Labute approximate surface area is 153 Å². The fourth-order valence-corrected chi connectivity index (χ4v) is 2.42. The Balaban J connectivity index is 1.74. The molecule has 0 aliphatic rings. The fourth-order valence-electron chi connectivity index (χ4n) is 2.42. The summed E-state index contributed by atoms with van der Waals surface area (Å²) in [4.78, 5) is 20.5. The van der Waals surface area contributed by atoms with Gasteiger partial charge in [-0.2, -0.15) is 4.98 Å². The van der Waals surface area contributed by atoms with E-state index in [1.165, 1.54) is 0 Å². The van der Waals surface area contributed by atoms with Crippen LogP contribution in [0.5, 0.6) is 0 Å². The predicted molar refractivity (Wildman–Crippen MR) is 93.6 cm³/mol. The number of halogens is 2. The van der Waals surface area contributed by atoms with E-state index >= 15 is 0 Å². The van der Waals surface area contributed by atoms with Crippen LogP contribution in [0.4, 0.5) is 19.3 Å². The molecule has 0 bridgehead atoms. The van der Waals surface area contributed by atoms with Crippen molar-refractivity contribution in [3.63, 3.8) is 0 Å². The van der Waals surface area contributed by atoms with Crippen molar-refractivity contribution >= 4 is 11.7 Å². The molecule has 27 heavy (non-hydrogen) atoms. The summed E-state index contributed by atoms with van der Waals surface area (Å²) in [6, 6.07) is 5.03. The predicted octanol–water partition coefficient (Wildman–Crippen LogP) is 3.93. The third kappa shape index (κ3) is 4.63. The van der Waals surface area contributed by atoms with Gasteiger partial charge in [0.1, 0.15) is 17.7 Å². The molecule has 2 heterocycles. The number of benzene rings is 1. The molecule has 0 unspecified atom stereocenters. The number of hydrogen-bond donors (Lipinski definition) is 2. The van der Waals surface area contributed by atoms with E-state index in [4.69, 9.17) is 4.52 Å². The molecule has 140 valence electrons. The zero-order valence-electron chi connectivity index (χ0n) is 14.6. The number of nitrogens with zero attached hydrogens (tertiary/aromatic N) is 3. The molecule has 1 aromatic carbocycles. The zero-order chi connectivity index (χ0) is 19.4. The van der Waals surface area contributed by atoms with Crippen LogP contribution >= 0.6 is 0 Å². The van der Waals surface area contributed by atoms with E-state index in [1.807, 2.05) is 13.8 Å². The van der Waals surface area contributed by atoms with Gasteiger partial charge in [-0.15, -0.1) is 0 Å². The number of pyridine rings is 1. The van der Waals surface area contributed by atoms with Gasteiger partial charge in [-0.3, -0.25) is 4.98 Å². The zero-order valence-corrected chi connectivity index (χ0v) is 14.6. The summed E-state index contributed by atoms with van der Waals surface area (Å²) >= 11 is 0. The summed E-state index contributed by atoms with van der Waals surface area (Å²) < 4.78 is 31.8. The van der Waals surface area contributed by atoms with Crippen LogP contribution in [-0.2, 0) is 0 Å². The smallest absolute Gasteiger partial charge is 0.319 e. The van der Waals surface area contributed by atoms with E-state index in [1.54, 1.807) is 24.5 Å². The highest BCUT2D eigenvalue weighted by Gasteiger charge is 2.25. The molecule has 0 aliphatic carbocycles. The quantitative estimate of drug-likeness (QED) is 0.707. The number of hydrogen-bond acceptors (Lipinski definition) is 5. The Bertz CT molecular complexity index is 910. The first kappa shape index (κ1) is 18.4.